The van der Waals surface area contributed by atoms with E-state index in [1.807, 2.05) is 12.1 Å². The Kier molecular flexibility index (Phi) is 4.60. The van der Waals surface area contributed by atoms with Crippen molar-refractivity contribution in [3.8, 4) is 0 Å². The van der Waals surface area contributed by atoms with Crippen LogP contribution < -0.4 is 5.32 Å². The van der Waals surface area contributed by atoms with Gasteiger partial charge in [0.05, 0.1) is 5.56 Å². The summed E-state index contributed by atoms with van der Waals surface area (Å²) in [6.07, 6.45) is 2.31. The molecule has 1 fully saturated rings. The lowest BCUT2D eigenvalue weighted by Crippen LogP contribution is -2.39. The average molecular weight is 360 g/mol. The van der Waals surface area contributed by atoms with Crippen LogP contribution in [0.1, 0.15) is 40.2 Å². The zero-order valence-electron chi connectivity index (χ0n) is 12.1. The standard InChI is InChI=1S/C18H18BrNO2/c19-16-3-1-2-14(8-16)15-9-17(10-15)20-11-12-4-6-13(7-5-12)18(21)22/h1-8,15,17,20H,9-11H2,(H,21,22). The summed E-state index contributed by atoms with van der Waals surface area (Å²) in [7, 11) is 0. The van der Waals surface area contributed by atoms with Crippen LogP contribution in [0.4, 0.5) is 0 Å². The van der Waals surface area contributed by atoms with E-state index in [0.29, 0.717) is 17.5 Å². The number of carboxylic acid groups (broad SMARTS) is 1. The molecule has 1 aliphatic rings. The first-order valence-corrected chi connectivity index (χ1v) is 8.22. The maximum Gasteiger partial charge on any atom is 0.335 e. The highest BCUT2D eigenvalue weighted by Crippen LogP contribution is 2.37. The molecule has 0 saturated heterocycles. The molecule has 2 aromatic carbocycles. The SMILES string of the molecule is O=C(O)c1ccc(CNC2CC(c3cccc(Br)c3)C2)cc1. The van der Waals surface area contributed by atoms with Crippen molar-refractivity contribution in [2.75, 3.05) is 0 Å². The fraction of sp³-hybridized carbons (Fsp3) is 0.278. The summed E-state index contributed by atoms with van der Waals surface area (Å²) in [4.78, 5) is 10.8. The summed E-state index contributed by atoms with van der Waals surface area (Å²) < 4.78 is 1.14. The third kappa shape index (κ3) is 3.57. The minimum absolute atomic E-state index is 0.335. The molecule has 0 radical (unpaired) electrons. The van der Waals surface area contributed by atoms with Crippen LogP contribution in [0.2, 0.25) is 0 Å². The van der Waals surface area contributed by atoms with E-state index in [2.05, 4.69) is 45.5 Å². The highest BCUT2D eigenvalue weighted by atomic mass is 79.9. The number of hydrogen-bond donors (Lipinski definition) is 2. The first kappa shape index (κ1) is 15.3. The van der Waals surface area contributed by atoms with E-state index >= 15 is 0 Å². The summed E-state index contributed by atoms with van der Waals surface area (Å²) >= 11 is 3.52. The minimum Gasteiger partial charge on any atom is -0.478 e. The summed E-state index contributed by atoms with van der Waals surface area (Å²) in [6, 6.07) is 16.1. The molecule has 0 unspecified atom stereocenters. The molecule has 0 aromatic heterocycles. The fourth-order valence-corrected chi connectivity index (χ4v) is 3.26. The number of nitrogens with one attached hydrogen (secondary N) is 1. The van der Waals surface area contributed by atoms with Crippen molar-refractivity contribution < 1.29 is 9.90 Å². The molecule has 0 heterocycles. The molecule has 2 aromatic rings. The van der Waals surface area contributed by atoms with Gasteiger partial charge in [0, 0.05) is 17.1 Å². The highest BCUT2D eigenvalue weighted by molar-refractivity contribution is 9.10. The van der Waals surface area contributed by atoms with Crippen LogP contribution in [-0.2, 0) is 6.54 Å². The number of carbonyl (C=O) groups is 1. The van der Waals surface area contributed by atoms with Gasteiger partial charge in [0.15, 0.2) is 0 Å². The third-order valence-electron chi connectivity index (χ3n) is 4.25. The topological polar surface area (TPSA) is 49.3 Å². The van der Waals surface area contributed by atoms with Gasteiger partial charge in [-0.3, -0.25) is 0 Å². The van der Waals surface area contributed by atoms with Gasteiger partial charge < -0.3 is 10.4 Å². The smallest absolute Gasteiger partial charge is 0.335 e. The van der Waals surface area contributed by atoms with Gasteiger partial charge in [-0.05, 0) is 54.2 Å². The van der Waals surface area contributed by atoms with Crippen molar-refractivity contribution in [3.63, 3.8) is 0 Å². The fourth-order valence-electron chi connectivity index (χ4n) is 2.84. The van der Waals surface area contributed by atoms with E-state index < -0.39 is 5.97 Å². The normalized spacial score (nSPS) is 20.4. The first-order chi connectivity index (χ1) is 10.6. The minimum atomic E-state index is -0.879. The molecule has 0 bridgehead atoms. The van der Waals surface area contributed by atoms with Crippen LogP contribution in [0.15, 0.2) is 53.0 Å². The number of hydrogen-bond acceptors (Lipinski definition) is 2. The van der Waals surface area contributed by atoms with E-state index in [-0.39, 0.29) is 0 Å². The molecule has 2 N–H and O–H groups in total. The lowest BCUT2D eigenvalue weighted by molar-refractivity contribution is 0.0697. The second kappa shape index (κ2) is 6.63. The Morgan fingerprint density at radius 2 is 1.91 bits per heavy atom. The highest BCUT2D eigenvalue weighted by Gasteiger charge is 2.29. The Morgan fingerprint density at radius 1 is 1.18 bits per heavy atom. The molecule has 1 saturated carbocycles. The van der Waals surface area contributed by atoms with E-state index in [4.69, 9.17) is 5.11 Å². The summed E-state index contributed by atoms with van der Waals surface area (Å²) in [5.74, 6) is -0.236. The molecule has 0 amide bonds. The monoisotopic (exact) mass is 359 g/mol. The molecule has 0 aliphatic heterocycles. The zero-order valence-corrected chi connectivity index (χ0v) is 13.7. The van der Waals surface area contributed by atoms with Gasteiger partial charge in [-0.15, -0.1) is 0 Å². The Morgan fingerprint density at radius 3 is 2.55 bits per heavy atom. The Bertz CT molecular complexity index is 663. The molecule has 3 rings (SSSR count). The maximum absolute atomic E-state index is 10.8. The molecule has 3 nitrogen and oxygen atoms in total. The van der Waals surface area contributed by atoms with Crippen LogP contribution in [-0.4, -0.2) is 17.1 Å². The molecular weight excluding hydrogens is 342 g/mol. The van der Waals surface area contributed by atoms with Gasteiger partial charge >= 0.3 is 5.97 Å². The van der Waals surface area contributed by atoms with Crippen molar-refractivity contribution in [1.29, 1.82) is 0 Å². The van der Waals surface area contributed by atoms with Crippen LogP contribution in [0.25, 0.3) is 0 Å². The first-order valence-electron chi connectivity index (χ1n) is 7.43. The lowest BCUT2D eigenvalue weighted by atomic mass is 9.76. The summed E-state index contributed by atoms with van der Waals surface area (Å²) in [5.41, 5.74) is 2.86. The summed E-state index contributed by atoms with van der Waals surface area (Å²) in [5, 5.41) is 12.4. The van der Waals surface area contributed by atoms with Gasteiger partial charge in [0.1, 0.15) is 0 Å². The van der Waals surface area contributed by atoms with Crippen LogP contribution in [0.5, 0.6) is 0 Å². The van der Waals surface area contributed by atoms with Crippen LogP contribution in [0.3, 0.4) is 0 Å². The predicted octanol–water partition coefficient (Wildman–Crippen LogP) is 4.18. The second-order valence-corrected chi connectivity index (χ2v) is 6.72. The third-order valence-corrected chi connectivity index (χ3v) is 4.75. The largest absolute Gasteiger partial charge is 0.478 e. The molecule has 0 atom stereocenters. The molecule has 1 aliphatic carbocycles. The second-order valence-electron chi connectivity index (χ2n) is 5.80. The quantitative estimate of drug-likeness (QED) is 0.841. The van der Waals surface area contributed by atoms with E-state index in [1.54, 1.807) is 12.1 Å². The van der Waals surface area contributed by atoms with E-state index in [9.17, 15) is 4.79 Å². The van der Waals surface area contributed by atoms with Gasteiger partial charge in [0.25, 0.3) is 0 Å². The zero-order chi connectivity index (χ0) is 15.5. The van der Waals surface area contributed by atoms with Crippen molar-refractivity contribution >= 4 is 21.9 Å². The number of carboxylic acids is 1. The molecule has 4 heteroatoms. The van der Waals surface area contributed by atoms with E-state index in [0.717, 1.165) is 29.4 Å². The van der Waals surface area contributed by atoms with Crippen molar-refractivity contribution in [2.45, 2.75) is 31.3 Å². The average Bonchev–Trinajstić information content (AvgIpc) is 2.46. The molecular formula is C18H18BrNO2. The van der Waals surface area contributed by atoms with E-state index in [1.165, 1.54) is 5.56 Å². The van der Waals surface area contributed by atoms with Crippen molar-refractivity contribution in [2.24, 2.45) is 0 Å². The number of halogens is 1. The van der Waals surface area contributed by atoms with Crippen molar-refractivity contribution in [3.05, 3.63) is 69.7 Å². The van der Waals surface area contributed by atoms with Crippen LogP contribution in [0, 0.1) is 0 Å². The Hall–Kier alpha value is -1.65. The van der Waals surface area contributed by atoms with Gasteiger partial charge in [-0.1, -0.05) is 40.2 Å². The Balaban J connectivity index is 1.47. The summed E-state index contributed by atoms with van der Waals surface area (Å²) in [6.45, 7) is 0.787. The van der Waals surface area contributed by atoms with Gasteiger partial charge in [-0.25, -0.2) is 4.79 Å². The molecule has 0 spiro atoms. The molecule has 22 heavy (non-hydrogen) atoms. The van der Waals surface area contributed by atoms with Gasteiger partial charge in [0.2, 0.25) is 0 Å². The van der Waals surface area contributed by atoms with Crippen LogP contribution >= 0.6 is 15.9 Å². The van der Waals surface area contributed by atoms with Crippen molar-refractivity contribution in [1.82, 2.24) is 5.32 Å². The predicted molar refractivity (Wildman–Crippen MR) is 90.1 cm³/mol. The number of aromatic carboxylic acids is 1. The number of benzene rings is 2. The lowest BCUT2D eigenvalue weighted by Gasteiger charge is -2.36. The Labute approximate surface area is 138 Å². The maximum atomic E-state index is 10.8. The van der Waals surface area contributed by atoms with Gasteiger partial charge in [-0.2, -0.15) is 0 Å². The molecule has 114 valence electrons. The number of rotatable bonds is 5.